The van der Waals surface area contributed by atoms with E-state index in [1.54, 1.807) is 0 Å². The summed E-state index contributed by atoms with van der Waals surface area (Å²) in [5.41, 5.74) is -0.205. The van der Waals surface area contributed by atoms with Crippen molar-refractivity contribution in [2.45, 2.75) is 77.4 Å². The van der Waals surface area contributed by atoms with Crippen LogP contribution >= 0.6 is 0 Å². The van der Waals surface area contributed by atoms with Gasteiger partial charge in [-0.25, -0.2) is 0 Å². The van der Waals surface area contributed by atoms with Gasteiger partial charge in [-0.15, -0.1) is 0 Å². The summed E-state index contributed by atoms with van der Waals surface area (Å²) in [7, 11) is 0. The number of carbonyl (C=O) groups is 2. The molecule has 3 unspecified atom stereocenters. The Morgan fingerprint density at radius 2 is 2.00 bits per heavy atom. The summed E-state index contributed by atoms with van der Waals surface area (Å²) in [6.45, 7) is 8.91. The normalized spacial score (nSPS) is 29.7. The molecule has 0 aromatic rings. The Hall–Kier alpha value is -0.900. The molecule has 0 bridgehead atoms. The molecule has 3 atom stereocenters. The van der Waals surface area contributed by atoms with E-state index < -0.39 is 0 Å². The minimum absolute atomic E-state index is 0.0786. The largest absolute Gasteiger partial charge is 0.350 e. The van der Waals surface area contributed by atoms with Crippen LogP contribution in [0.5, 0.6) is 0 Å². The fourth-order valence-corrected chi connectivity index (χ4v) is 3.60. The number of carbonyl (C=O) groups excluding carboxylic acids is 2. The maximum absolute atomic E-state index is 12.3. The molecule has 4 heteroatoms. The monoisotopic (exact) mass is 280 g/mol. The number of Topliss-reactive ketones (excluding diaryl/α,β-unsaturated/α-hetero) is 1. The molecule has 0 radical (unpaired) electrons. The van der Waals surface area contributed by atoms with Crippen LogP contribution < -0.4 is 5.32 Å². The molecule has 0 aromatic heterocycles. The van der Waals surface area contributed by atoms with E-state index in [0.717, 1.165) is 38.6 Å². The lowest BCUT2D eigenvalue weighted by Crippen LogP contribution is -2.53. The van der Waals surface area contributed by atoms with Crippen molar-refractivity contribution in [1.82, 2.24) is 10.2 Å². The number of nitrogens with zero attached hydrogens (tertiary/aromatic N) is 1. The van der Waals surface area contributed by atoms with Gasteiger partial charge in [0.2, 0.25) is 5.91 Å². The van der Waals surface area contributed by atoms with Crippen LogP contribution in [0.1, 0.15) is 59.8 Å². The third kappa shape index (κ3) is 3.40. The molecule has 2 aliphatic rings. The van der Waals surface area contributed by atoms with Crippen molar-refractivity contribution in [3.63, 3.8) is 0 Å². The fourth-order valence-electron chi connectivity index (χ4n) is 3.60. The van der Waals surface area contributed by atoms with Crippen molar-refractivity contribution < 1.29 is 9.59 Å². The van der Waals surface area contributed by atoms with Gasteiger partial charge in [-0.2, -0.15) is 0 Å². The van der Waals surface area contributed by atoms with Gasteiger partial charge in [0.25, 0.3) is 0 Å². The summed E-state index contributed by atoms with van der Waals surface area (Å²) in [4.78, 5) is 26.6. The standard InChI is InChI=1S/C16H28N2O2/c1-11(15(20)17-16(2,3)4)18-10-6-8-13(18)12-7-5-9-14(12)19/h11-13H,5-10H2,1-4H3,(H,17,20). The van der Waals surface area contributed by atoms with Crippen LogP contribution in [0.4, 0.5) is 0 Å². The molecule has 1 amide bonds. The Bertz CT molecular complexity index is 386. The van der Waals surface area contributed by atoms with Crippen LogP contribution in [0.25, 0.3) is 0 Å². The molecule has 2 fully saturated rings. The van der Waals surface area contributed by atoms with Crippen molar-refractivity contribution in [2.75, 3.05) is 6.54 Å². The number of rotatable bonds is 3. The summed E-state index contributed by atoms with van der Waals surface area (Å²) in [6.07, 6.45) is 4.92. The minimum atomic E-state index is -0.205. The summed E-state index contributed by atoms with van der Waals surface area (Å²) in [5, 5.41) is 3.05. The van der Waals surface area contributed by atoms with Gasteiger partial charge in [-0.05, 0) is 59.9 Å². The molecular formula is C16H28N2O2. The minimum Gasteiger partial charge on any atom is -0.350 e. The van der Waals surface area contributed by atoms with Crippen molar-refractivity contribution >= 4 is 11.7 Å². The average Bonchev–Trinajstić information content (AvgIpc) is 2.93. The molecule has 114 valence electrons. The molecule has 0 spiro atoms. The Morgan fingerprint density at radius 1 is 1.30 bits per heavy atom. The lowest BCUT2D eigenvalue weighted by Gasteiger charge is -2.34. The SMILES string of the molecule is CC(C(=O)NC(C)(C)C)N1CCCC1C1CCCC1=O. The summed E-state index contributed by atoms with van der Waals surface area (Å²) in [6, 6.07) is 0.140. The number of hydrogen-bond donors (Lipinski definition) is 1. The first-order valence-corrected chi connectivity index (χ1v) is 7.90. The van der Waals surface area contributed by atoms with E-state index in [2.05, 4.69) is 10.2 Å². The van der Waals surface area contributed by atoms with Gasteiger partial charge < -0.3 is 5.32 Å². The van der Waals surface area contributed by atoms with Crippen LogP contribution in [0.3, 0.4) is 0 Å². The molecule has 1 aliphatic heterocycles. The van der Waals surface area contributed by atoms with Gasteiger partial charge in [0.1, 0.15) is 5.78 Å². The number of amides is 1. The van der Waals surface area contributed by atoms with E-state index in [1.807, 2.05) is 27.7 Å². The zero-order chi connectivity index (χ0) is 14.9. The number of ketones is 1. The highest BCUT2D eigenvalue weighted by molar-refractivity contribution is 5.84. The highest BCUT2D eigenvalue weighted by Gasteiger charge is 2.41. The molecule has 0 aromatic carbocycles. The highest BCUT2D eigenvalue weighted by Crippen LogP contribution is 2.34. The highest BCUT2D eigenvalue weighted by atomic mass is 16.2. The molecule has 1 heterocycles. The second kappa shape index (κ2) is 5.84. The lowest BCUT2D eigenvalue weighted by molar-refractivity contribution is -0.130. The number of hydrogen-bond acceptors (Lipinski definition) is 3. The van der Waals surface area contributed by atoms with Crippen LogP contribution in [0.15, 0.2) is 0 Å². The topological polar surface area (TPSA) is 49.4 Å². The second-order valence-electron chi connectivity index (χ2n) is 7.33. The summed E-state index contributed by atoms with van der Waals surface area (Å²) in [5.74, 6) is 0.655. The molecule has 1 N–H and O–H groups in total. The molecule has 1 saturated heterocycles. The number of likely N-dealkylation sites (tertiary alicyclic amines) is 1. The lowest BCUT2D eigenvalue weighted by atomic mass is 9.94. The fraction of sp³-hybridized carbons (Fsp3) is 0.875. The average molecular weight is 280 g/mol. The van der Waals surface area contributed by atoms with E-state index in [9.17, 15) is 9.59 Å². The van der Waals surface area contributed by atoms with Crippen molar-refractivity contribution in [3.05, 3.63) is 0 Å². The van der Waals surface area contributed by atoms with Gasteiger partial charge >= 0.3 is 0 Å². The Morgan fingerprint density at radius 3 is 2.55 bits per heavy atom. The zero-order valence-corrected chi connectivity index (χ0v) is 13.2. The van der Waals surface area contributed by atoms with Crippen LogP contribution in [0, 0.1) is 5.92 Å². The van der Waals surface area contributed by atoms with Gasteiger partial charge in [0.05, 0.1) is 6.04 Å². The van der Waals surface area contributed by atoms with E-state index in [4.69, 9.17) is 0 Å². The molecule has 4 nitrogen and oxygen atoms in total. The zero-order valence-electron chi connectivity index (χ0n) is 13.2. The van der Waals surface area contributed by atoms with Crippen LogP contribution in [-0.2, 0) is 9.59 Å². The Balaban J connectivity index is 2.02. The third-order valence-corrected chi connectivity index (χ3v) is 4.53. The molecular weight excluding hydrogens is 252 g/mol. The van der Waals surface area contributed by atoms with Crippen LogP contribution in [0.2, 0.25) is 0 Å². The summed E-state index contributed by atoms with van der Waals surface area (Å²) < 4.78 is 0. The van der Waals surface area contributed by atoms with Gasteiger partial charge in [0, 0.05) is 23.9 Å². The van der Waals surface area contributed by atoms with Crippen molar-refractivity contribution in [3.8, 4) is 0 Å². The molecule has 20 heavy (non-hydrogen) atoms. The predicted octanol–water partition coefficient (Wildman–Crippen LogP) is 2.12. The first-order valence-electron chi connectivity index (χ1n) is 7.90. The van der Waals surface area contributed by atoms with Crippen molar-refractivity contribution in [1.29, 1.82) is 0 Å². The van der Waals surface area contributed by atoms with Gasteiger partial charge in [0.15, 0.2) is 0 Å². The first-order chi connectivity index (χ1) is 9.29. The Kier molecular flexibility index (Phi) is 4.52. The quantitative estimate of drug-likeness (QED) is 0.861. The van der Waals surface area contributed by atoms with Gasteiger partial charge in [-0.1, -0.05) is 0 Å². The Labute approximate surface area is 122 Å². The first kappa shape index (κ1) is 15.5. The van der Waals surface area contributed by atoms with E-state index in [-0.39, 0.29) is 29.4 Å². The maximum Gasteiger partial charge on any atom is 0.237 e. The van der Waals surface area contributed by atoms with Crippen molar-refractivity contribution in [2.24, 2.45) is 5.92 Å². The number of nitrogens with one attached hydrogen (secondary N) is 1. The third-order valence-electron chi connectivity index (χ3n) is 4.53. The smallest absolute Gasteiger partial charge is 0.237 e. The maximum atomic E-state index is 12.3. The molecule has 2 rings (SSSR count). The second-order valence-corrected chi connectivity index (χ2v) is 7.33. The molecule has 1 saturated carbocycles. The van der Waals surface area contributed by atoms with E-state index >= 15 is 0 Å². The van der Waals surface area contributed by atoms with E-state index in [0.29, 0.717) is 5.78 Å². The van der Waals surface area contributed by atoms with E-state index in [1.165, 1.54) is 0 Å². The van der Waals surface area contributed by atoms with Gasteiger partial charge in [-0.3, -0.25) is 14.5 Å². The van der Waals surface area contributed by atoms with Crippen LogP contribution in [-0.4, -0.2) is 40.8 Å². The summed E-state index contributed by atoms with van der Waals surface area (Å²) >= 11 is 0. The molecule has 1 aliphatic carbocycles. The predicted molar refractivity (Wildman–Crippen MR) is 79.4 cm³/mol.